The average molecular weight is 314 g/mol. The molecule has 5 heteroatoms. The highest BCUT2D eigenvalue weighted by atomic mass is 16.5. The molecule has 1 aromatic carbocycles. The molecule has 0 spiro atoms. The summed E-state index contributed by atoms with van der Waals surface area (Å²) in [5.41, 5.74) is 0.960. The molecule has 0 heterocycles. The number of aryl methyl sites for hydroxylation is 1. The molecule has 0 bridgehead atoms. The highest BCUT2D eigenvalue weighted by molar-refractivity contribution is 5.89. The number of nitriles is 1. The summed E-state index contributed by atoms with van der Waals surface area (Å²) in [5, 5.41) is 11.7. The fraction of sp³-hybridized carbons (Fsp3) is 0.389. The summed E-state index contributed by atoms with van der Waals surface area (Å²) in [7, 11) is 0. The van der Waals surface area contributed by atoms with Crippen LogP contribution in [0, 0.1) is 24.2 Å². The molecule has 0 aliphatic heterocycles. The van der Waals surface area contributed by atoms with E-state index in [0.29, 0.717) is 0 Å². The Balaban J connectivity index is 2.52. The first-order chi connectivity index (χ1) is 10.8. The summed E-state index contributed by atoms with van der Waals surface area (Å²) in [6.07, 6.45) is 2.92. The van der Waals surface area contributed by atoms with Crippen LogP contribution in [0.3, 0.4) is 0 Å². The van der Waals surface area contributed by atoms with Gasteiger partial charge in [0.2, 0.25) is 0 Å². The molecule has 122 valence electrons. The normalized spacial score (nSPS) is 13.4. The molecule has 0 radical (unpaired) electrons. The predicted molar refractivity (Wildman–Crippen MR) is 88.2 cm³/mol. The lowest BCUT2D eigenvalue weighted by molar-refractivity contribution is -0.144. The van der Waals surface area contributed by atoms with E-state index in [9.17, 15) is 9.59 Å². The van der Waals surface area contributed by atoms with Gasteiger partial charge in [0.05, 0.1) is 6.07 Å². The molecule has 0 unspecified atom stereocenters. The zero-order valence-corrected chi connectivity index (χ0v) is 13.9. The zero-order valence-electron chi connectivity index (χ0n) is 13.9. The molecule has 1 N–H and O–H groups in total. The molecular weight excluding hydrogens is 292 g/mol. The van der Waals surface area contributed by atoms with Crippen molar-refractivity contribution in [1.82, 2.24) is 5.32 Å². The molecule has 0 aromatic heterocycles. The minimum absolute atomic E-state index is 0.0619. The molecule has 23 heavy (non-hydrogen) atoms. The van der Waals surface area contributed by atoms with Gasteiger partial charge < -0.3 is 10.1 Å². The standard InChI is InChI=1S/C18H22N2O3/c1-13(2)18(4,12-19)20-16(21)11-23-17(22)10-9-15-8-6-5-7-14(15)3/h5-10,13H,11H2,1-4H3,(H,20,21)/b10-9+/t18-/m1/s1. The van der Waals surface area contributed by atoms with Crippen LogP contribution in [0.4, 0.5) is 0 Å². The number of nitrogens with one attached hydrogen (secondary N) is 1. The third kappa shape index (κ3) is 5.59. The van der Waals surface area contributed by atoms with E-state index in [0.717, 1.165) is 11.1 Å². The third-order valence-corrected chi connectivity index (χ3v) is 3.72. The van der Waals surface area contributed by atoms with Crippen LogP contribution in [0.25, 0.3) is 6.08 Å². The van der Waals surface area contributed by atoms with Crippen molar-refractivity contribution >= 4 is 18.0 Å². The average Bonchev–Trinajstić information content (AvgIpc) is 2.51. The number of hydrogen-bond donors (Lipinski definition) is 1. The smallest absolute Gasteiger partial charge is 0.331 e. The Morgan fingerprint density at radius 3 is 2.61 bits per heavy atom. The number of ether oxygens (including phenoxy) is 1. The summed E-state index contributed by atoms with van der Waals surface area (Å²) in [6, 6.07) is 9.67. The molecule has 1 atom stereocenters. The van der Waals surface area contributed by atoms with Gasteiger partial charge in [-0.2, -0.15) is 5.26 Å². The summed E-state index contributed by atoms with van der Waals surface area (Å²) in [5.74, 6) is -1.17. The fourth-order valence-electron chi connectivity index (χ4n) is 1.74. The lowest BCUT2D eigenvalue weighted by Crippen LogP contribution is -2.50. The summed E-state index contributed by atoms with van der Waals surface area (Å²) >= 11 is 0. The number of carbonyl (C=O) groups excluding carboxylic acids is 2. The van der Waals surface area contributed by atoms with Crippen LogP contribution in [0.15, 0.2) is 30.3 Å². The maximum Gasteiger partial charge on any atom is 0.331 e. The summed E-state index contributed by atoms with van der Waals surface area (Å²) < 4.78 is 4.89. The quantitative estimate of drug-likeness (QED) is 0.646. The first-order valence-electron chi connectivity index (χ1n) is 7.41. The van der Waals surface area contributed by atoms with Crippen molar-refractivity contribution in [3.63, 3.8) is 0 Å². The van der Waals surface area contributed by atoms with Crippen LogP contribution < -0.4 is 5.32 Å². The minimum Gasteiger partial charge on any atom is -0.452 e. The Bertz CT molecular complexity index is 644. The number of amides is 1. The van der Waals surface area contributed by atoms with Gasteiger partial charge >= 0.3 is 5.97 Å². The van der Waals surface area contributed by atoms with Crippen molar-refractivity contribution < 1.29 is 14.3 Å². The van der Waals surface area contributed by atoms with Gasteiger partial charge in [-0.15, -0.1) is 0 Å². The van der Waals surface area contributed by atoms with E-state index in [4.69, 9.17) is 10.00 Å². The zero-order chi connectivity index (χ0) is 17.5. The van der Waals surface area contributed by atoms with Crippen molar-refractivity contribution in [2.24, 2.45) is 5.92 Å². The maximum absolute atomic E-state index is 11.8. The predicted octanol–water partition coefficient (Wildman–Crippen LogP) is 2.61. The van der Waals surface area contributed by atoms with E-state index in [-0.39, 0.29) is 5.92 Å². The molecule has 1 rings (SSSR count). The summed E-state index contributed by atoms with van der Waals surface area (Å²) in [4.78, 5) is 23.4. The molecule has 1 aromatic rings. The molecule has 5 nitrogen and oxygen atoms in total. The number of carbonyl (C=O) groups is 2. The molecule has 0 aliphatic rings. The number of benzene rings is 1. The van der Waals surface area contributed by atoms with Crippen molar-refractivity contribution in [2.45, 2.75) is 33.2 Å². The Morgan fingerprint density at radius 1 is 1.39 bits per heavy atom. The van der Waals surface area contributed by atoms with E-state index < -0.39 is 24.0 Å². The van der Waals surface area contributed by atoms with Crippen LogP contribution in [0.1, 0.15) is 31.9 Å². The molecule has 0 fully saturated rings. The molecule has 0 aliphatic carbocycles. The fourth-order valence-corrected chi connectivity index (χ4v) is 1.74. The van der Waals surface area contributed by atoms with Crippen LogP contribution >= 0.6 is 0 Å². The van der Waals surface area contributed by atoms with Gasteiger partial charge in [0.25, 0.3) is 5.91 Å². The summed E-state index contributed by atoms with van der Waals surface area (Å²) in [6.45, 7) is 6.82. The van der Waals surface area contributed by atoms with Gasteiger partial charge in [-0.05, 0) is 37.0 Å². The molecular formula is C18H22N2O3. The van der Waals surface area contributed by atoms with E-state index >= 15 is 0 Å². The molecule has 0 saturated heterocycles. The number of nitrogens with zero attached hydrogens (tertiary/aromatic N) is 1. The highest BCUT2D eigenvalue weighted by Crippen LogP contribution is 2.14. The Morgan fingerprint density at radius 2 is 2.04 bits per heavy atom. The van der Waals surface area contributed by atoms with Crippen molar-refractivity contribution in [2.75, 3.05) is 6.61 Å². The monoisotopic (exact) mass is 314 g/mol. The van der Waals surface area contributed by atoms with Gasteiger partial charge in [0, 0.05) is 6.08 Å². The van der Waals surface area contributed by atoms with Crippen LogP contribution in [0.2, 0.25) is 0 Å². The first kappa shape index (κ1) is 18.4. The van der Waals surface area contributed by atoms with E-state index in [1.807, 2.05) is 45.0 Å². The second-order valence-electron chi connectivity index (χ2n) is 5.81. The Kier molecular flexibility index (Phi) is 6.52. The van der Waals surface area contributed by atoms with Crippen molar-refractivity contribution in [3.8, 4) is 6.07 Å². The molecule has 1 amide bonds. The van der Waals surface area contributed by atoms with Gasteiger partial charge in [-0.1, -0.05) is 38.1 Å². The lowest BCUT2D eigenvalue weighted by Gasteiger charge is -2.27. The van der Waals surface area contributed by atoms with Crippen LogP contribution in [0.5, 0.6) is 0 Å². The van der Waals surface area contributed by atoms with Gasteiger partial charge in [0.15, 0.2) is 6.61 Å². The Labute approximate surface area is 137 Å². The number of hydrogen-bond acceptors (Lipinski definition) is 4. The van der Waals surface area contributed by atoms with Gasteiger partial charge in [0.1, 0.15) is 5.54 Å². The van der Waals surface area contributed by atoms with Crippen LogP contribution in [-0.2, 0) is 14.3 Å². The largest absolute Gasteiger partial charge is 0.452 e. The minimum atomic E-state index is -0.986. The van der Waals surface area contributed by atoms with Gasteiger partial charge in [-0.25, -0.2) is 4.79 Å². The first-order valence-corrected chi connectivity index (χ1v) is 7.41. The lowest BCUT2D eigenvalue weighted by atomic mass is 9.90. The van der Waals surface area contributed by atoms with E-state index in [1.54, 1.807) is 13.0 Å². The van der Waals surface area contributed by atoms with Crippen LogP contribution in [-0.4, -0.2) is 24.0 Å². The van der Waals surface area contributed by atoms with Crippen molar-refractivity contribution in [1.29, 1.82) is 5.26 Å². The van der Waals surface area contributed by atoms with E-state index in [2.05, 4.69) is 11.4 Å². The maximum atomic E-state index is 11.8. The SMILES string of the molecule is Cc1ccccc1/C=C/C(=O)OCC(=O)N[C@](C)(C#N)C(C)C. The van der Waals surface area contributed by atoms with Crippen molar-refractivity contribution in [3.05, 3.63) is 41.5 Å². The van der Waals surface area contributed by atoms with Gasteiger partial charge in [-0.3, -0.25) is 4.79 Å². The van der Waals surface area contributed by atoms with E-state index in [1.165, 1.54) is 6.08 Å². The molecule has 0 saturated carbocycles. The number of esters is 1. The second kappa shape index (κ2) is 8.14. The topological polar surface area (TPSA) is 79.2 Å². The Hall–Kier alpha value is -2.61. The highest BCUT2D eigenvalue weighted by Gasteiger charge is 2.30. The second-order valence-corrected chi connectivity index (χ2v) is 5.81. The number of rotatable bonds is 6. The third-order valence-electron chi connectivity index (χ3n) is 3.72.